The van der Waals surface area contributed by atoms with Crippen LogP contribution in [0.25, 0.3) is 0 Å². The summed E-state index contributed by atoms with van der Waals surface area (Å²) in [7, 11) is 0. The standard InChI is InChI=1S/C10H18N2O5/c1-6-10(2,3-4-17-6)12-9(16)11-7(5-13)8(14)15/h6-7,13H,3-5H2,1-2H3,(H,14,15)(H2,11,12,16)/t6?,7-,10?/m1/s1. The highest BCUT2D eigenvalue weighted by Gasteiger charge is 2.38. The summed E-state index contributed by atoms with van der Waals surface area (Å²) < 4.78 is 5.34. The summed E-state index contributed by atoms with van der Waals surface area (Å²) in [5, 5.41) is 22.3. The Morgan fingerprint density at radius 3 is 2.65 bits per heavy atom. The van der Waals surface area contributed by atoms with Crippen LogP contribution in [0.5, 0.6) is 0 Å². The van der Waals surface area contributed by atoms with E-state index >= 15 is 0 Å². The Labute approximate surface area is 99.1 Å². The molecule has 0 aromatic rings. The van der Waals surface area contributed by atoms with Gasteiger partial charge in [-0.1, -0.05) is 0 Å². The van der Waals surface area contributed by atoms with Gasteiger partial charge in [0.25, 0.3) is 0 Å². The third-order valence-electron chi connectivity index (χ3n) is 3.07. The minimum atomic E-state index is -1.30. The lowest BCUT2D eigenvalue weighted by Gasteiger charge is -2.29. The van der Waals surface area contributed by atoms with Gasteiger partial charge >= 0.3 is 12.0 Å². The van der Waals surface area contributed by atoms with Crippen LogP contribution in [-0.4, -0.2) is 53.1 Å². The largest absolute Gasteiger partial charge is 0.480 e. The van der Waals surface area contributed by atoms with Gasteiger partial charge in [-0.15, -0.1) is 0 Å². The second-order valence-corrected chi connectivity index (χ2v) is 4.35. The Bertz CT molecular complexity index is 309. The number of carboxylic acids is 1. The number of aliphatic carboxylic acids is 1. The van der Waals surface area contributed by atoms with E-state index in [0.29, 0.717) is 13.0 Å². The molecule has 1 fully saturated rings. The van der Waals surface area contributed by atoms with Crippen molar-refractivity contribution in [1.82, 2.24) is 10.6 Å². The van der Waals surface area contributed by atoms with Crippen LogP contribution in [0.3, 0.4) is 0 Å². The van der Waals surface area contributed by atoms with Crippen LogP contribution in [0.4, 0.5) is 4.79 Å². The Hall–Kier alpha value is -1.34. The van der Waals surface area contributed by atoms with Gasteiger partial charge in [0.2, 0.25) is 0 Å². The van der Waals surface area contributed by atoms with Crippen molar-refractivity contribution in [1.29, 1.82) is 0 Å². The summed E-state index contributed by atoms with van der Waals surface area (Å²) in [6.07, 6.45) is 0.531. The van der Waals surface area contributed by atoms with Crippen LogP contribution in [0.1, 0.15) is 20.3 Å². The number of carboxylic acid groups (broad SMARTS) is 1. The Kier molecular flexibility index (Phi) is 4.30. The number of amides is 2. The van der Waals surface area contributed by atoms with Crippen molar-refractivity contribution in [2.75, 3.05) is 13.2 Å². The SMILES string of the molecule is CC1OCCC1(C)NC(=O)N[C@H](CO)C(=O)O. The van der Waals surface area contributed by atoms with Crippen LogP contribution in [0.15, 0.2) is 0 Å². The molecule has 1 rings (SSSR count). The van der Waals surface area contributed by atoms with Crippen LogP contribution in [-0.2, 0) is 9.53 Å². The lowest BCUT2D eigenvalue weighted by molar-refractivity contribution is -0.140. The highest BCUT2D eigenvalue weighted by Crippen LogP contribution is 2.24. The molecule has 0 aromatic heterocycles. The van der Waals surface area contributed by atoms with E-state index in [1.165, 1.54) is 0 Å². The number of nitrogens with one attached hydrogen (secondary N) is 2. The monoisotopic (exact) mass is 246 g/mol. The number of ether oxygens (including phenoxy) is 1. The number of aliphatic hydroxyl groups excluding tert-OH is 1. The summed E-state index contributed by atoms with van der Waals surface area (Å²) >= 11 is 0. The Balaban J connectivity index is 2.52. The molecule has 2 unspecified atom stereocenters. The molecule has 4 N–H and O–H groups in total. The molecular weight excluding hydrogens is 228 g/mol. The predicted octanol–water partition coefficient (Wildman–Crippen LogP) is -0.701. The maximum Gasteiger partial charge on any atom is 0.328 e. The number of rotatable bonds is 4. The average Bonchev–Trinajstić information content (AvgIpc) is 2.55. The molecule has 0 bridgehead atoms. The Morgan fingerprint density at radius 1 is 1.59 bits per heavy atom. The number of hydrogen-bond donors (Lipinski definition) is 4. The van der Waals surface area contributed by atoms with Crippen LogP contribution >= 0.6 is 0 Å². The lowest BCUT2D eigenvalue weighted by Crippen LogP contribution is -2.57. The number of carbonyl (C=O) groups is 2. The average molecular weight is 246 g/mol. The maximum absolute atomic E-state index is 11.6. The molecule has 2 amide bonds. The van der Waals surface area contributed by atoms with Crippen molar-refractivity contribution < 1.29 is 24.5 Å². The fraction of sp³-hybridized carbons (Fsp3) is 0.800. The van der Waals surface area contributed by atoms with Gasteiger partial charge in [0.15, 0.2) is 6.04 Å². The van der Waals surface area contributed by atoms with Crippen molar-refractivity contribution in [3.8, 4) is 0 Å². The maximum atomic E-state index is 11.6. The van der Waals surface area contributed by atoms with Gasteiger partial charge in [-0.3, -0.25) is 0 Å². The number of hydrogen-bond acceptors (Lipinski definition) is 4. The molecule has 1 saturated heterocycles. The smallest absolute Gasteiger partial charge is 0.328 e. The number of carbonyl (C=O) groups excluding carboxylic acids is 1. The van der Waals surface area contributed by atoms with E-state index in [4.69, 9.17) is 14.9 Å². The minimum Gasteiger partial charge on any atom is -0.480 e. The van der Waals surface area contributed by atoms with Gasteiger partial charge in [0.05, 0.1) is 18.2 Å². The van der Waals surface area contributed by atoms with Gasteiger partial charge in [-0.25, -0.2) is 9.59 Å². The molecule has 1 aliphatic rings. The van der Waals surface area contributed by atoms with Crippen LogP contribution < -0.4 is 10.6 Å². The molecule has 7 nitrogen and oxygen atoms in total. The van der Waals surface area contributed by atoms with Gasteiger partial charge in [-0.2, -0.15) is 0 Å². The second-order valence-electron chi connectivity index (χ2n) is 4.35. The molecule has 1 heterocycles. The van der Waals surface area contributed by atoms with Crippen molar-refractivity contribution in [2.24, 2.45) is 0 Å². The van der Waals surface area contributed by atoms with E-state index in [0.717, 1.165) is 0 Å². The van der Waals surface area contributed by atoms with Crippen LogP contribution in [0.2, 0.25) is 0 Å². The van der Waals surface area contributed by atoms with E-state index < -0.39 is 30.2 Å². The predicted molar refractivity (Wildman–Crippen MR) is 58.6 cm³/mol. The molecule has 98 valence electrons. The molecule has 3 atom stereocenters. The van der Waals surface area contributed by atoms with Gasteiger partial charge in [0, 0.05) is 6.61 Å². The first-order chi connectivity index (χ1) is 7.89. The first kappa shape index (κ1) is 13.7. The fourth-order valence-corrected chi connectivity index (χ4v) is 1.64. The summed E-state index contributed by atoms with van der Waals surface area (Å²) in [5.74, 6) is -1.27. The topological polar surface area (TPSA) is 108 Å². The zero-order valence-corrected chi connectivity index (χ0v) is 9.90. The normalized spacial score (nSPS) is 29.7. The van der Waals surface area contributed by atoms with E-state index in [1.807, 2.05) is 13.8 Å². The fourth-order valence-electron chi connectivity index (χ4n) is 1.64. The molecule has 0 aromatic carbocycles. The molecule has 0 saturated carbocycles. The summed E-state index contributed by atoms with van der Waals surface area (Å²) in [5.41, 5.74) is -0.511. The van der Waals surface area contributed by atoms with Gasteiger partial charge in [0.1, 0.15) is 0 Å². The van der Waals surface area contributed by atoms with Crippen molar-refractivity contribution >= 4 is 12.0 Å². The van der Waals surface area contributed by atoms with E-state index in [-0.39, 0.29) is 6.10 Å². The molecule has 17 heavy (non-hydrogen) atoms. The molecule has 1 aliphatic heterocycles. The molecule has 0 aliphatic carbocycles. The zero-order valence-electron chi connectivity index (χ0n) is 9.90. The molecular formula is C10H18N2O5. The molecule has 0 radical (unpaired) electrons. The highest BCUT2D eigenvalue weighted by atomic mass is 16.5. The van der Waals surface area contributed by atoms with Gasteiger partial charge in [-0.05, 0) is 20.3 Å². The van der Waals surface area contributed by atoms with Crippen molar-refractivity contribution in [2.45, 2.75) is 38.0 Å². The van der Waals surface area contributed by atoms with Crippen LogP contribution in [0, 0.1) is 0 Å². The van der Waals surface area contributed by atoms with Crippen molar-refractivity contribution in [3.05, 3.63) is 0 Å². The second kappa shape index (κ2) is 5.33. The first-order valence-electron chi connectivity index (χ1n) is 5.43. The number of urea groups is 1. The van der Waals surface area contributed by atoms with E-state index in [9.17, 15) is 9.59 Å². The highest BCUT2D eigenvalue weighted by molar-refractivity contribution is 5.83. The Morgan fingerprint density at radius 2 is 2.24 bits per heavy atom. The van der Waals surface area contributed by atoms with Crippen molar-refractivity contribution in [3.63, 3.8) is 0 Å². The quantitative estimate of drug-likeness (QED) is 0.524. The molecule has 7 heteroatoms. The third-order valence-corrected chi connectivity index (χ3v) is 3.07. The zero-order chi connectivity index (χ0) is 13.1. The first-order valence-corrected chi connectivity index (χ1v) is 5.43. The van der Waals surface area contributed by atoms with E-state index in [1.54, 1.807) is 0 Å². The summed E-state index contributed by atoms with van der Waals surface area (Å²) in [4.78, 5) is 22.2. The van der Waals surface area contributed by atoms with E-state index in [2.05, 4.69) is 10.6 Å². The summed E-state index contributed by atoms with van der Waals surface area (Å²) in [6, 6.07) is -1.91. The van der Waals surface area contributed by atoms with Gasteiger partial charge < -0.3 is 25.6 Å². The minimum absolute atomic E-state index is 0.134. The third kappa shape index (κ3) is 3.31. The lowest BCUT2D eigenvalue weighted by atomic mass is 9.95. The molecule has 0 spiro atoms. The number of aliphatic hydroxyl groups is 1. The summed E-state index contributed by atoms with van der Waals surface area (Å²) in [6.45, 7) is 3.58.